The van der Waals surface area contributed by atoms with Gasteiger partial charge in [0.15, 0.2) is 0 Å². The van der Waals surface area contributed by atoms with Crippen molar-refractivity contribution in [3.8, 4) is 11.8 Å². The van der Waals surface area contributed by atoms with Crippen LogP contribution in [0.1, 0.15) is 37.7 Å². The maximum absolute atomic E-state index is 12.2. The van der Waals surface area contributed by atoms with Gasteiger partial charge in [0.05, 0.1) is 24.3 Å². The van der Waals surface area contributed by atoms with Crippen LogP contribution in [0.3, 0.4) is 0 Å². The summed E-state index contributed by atoms with van der Waals surface area (Å²) in [7, 11) is 1.67. The molecule has 21 heavy (non-hydrogen) atoms. The molecule has 0 aliphatic heterocycles. The molecule has 1 aliphatic rings. The van der Waals surface area contributed by atoms with Crippen LogP contribution in [0, 0.1) is 11.8 Å². The summed E-state index contributed by atoms with van der Waals surface area (Å²) in [5.74, 6) is 5.79. The Morgan fingerprint density at radius 1 is 1.43 bits per heavy atom. The number of carbonyl (C=O) groups is 1. The molecule has 0 saturated heterocycles. The zero-order valence-corrected chi connectivity index (χ0v) is 12.3. The van der Waals surface area contributed by atoms with Crippen LogP contribution in [0.15, 0.2) is 24.3 Å². The van der Waals surface area contributed by atoms with Crippen molar-refractivity contribution in [2.24, 2.45) is 0 Å². The second kappa shape index (κ2) is 7.26. The summed E-state index contributed by atoms with van der Waals surface area (Å²) in [6, 6.07) is 7.43. The minimum absolute atomic E-state index is 0.0396. The lowest BCUT2D eigenvalue weighted by Gasteiger charge is -2.39. The Kier molecular flexibility index (Phi) is 5.38. The third-order valence-corrected chi connectivity index (χ3v) is 3.84. The van der Waals surface area contributed by atoms with Crippen molar-refractivity contribution in [1.29, 1.82) is 0 Å². The van der Waals surface area contributed by atoms with E-state index in [2.05, 4.69) is 17.2 Å². The summed E-state index contributed by atoms with van der Waals surface area (Å²) in [6.07, 6.45) is 3.80. The minimum atomic E-state index is -0.276. The number of hydrogen-bond acceptors (Lipinski definition) is 3. The Labute approximate surface area is 125 Å². The highest BCUT2D eigenvalue weighted by Crippen LogP contribution is 2.38. The Bertz CT molecular complexity index is 547. The number of methoxy groups -OCH3 is 1. The van der Waals surface area contributed by atoms with Gasteiger partial charge in [-0.05, 0) is 31.4 Å². The fourth-order valence-corrected chi connectivity index (χ4v) is 2.43. The molecular weight excluding hydrogens is 266 g/mol. The lowest BCUT2D eigenvalue weighted by atomic mass is 9.77. The Hall–Kier alpha value is -1.83. The van der Waals surface area contributed by atoms with Crippen LogP contribution in [0.5, 0.6) is 0 Å². The van der Waals surface area contributed by atoms with Gasteiger partial charge in [-0.2, -0.15) is 0 Å². The summed E-state index contributed by atoms with van der Waals surface area (Å²) >= 11 is 0. The number of rotatable bonds is 5. The van der Waals surface area contributed by atoms with Gasteiger partial charge >= 0.3 is 0 Å². The van der Waals surface area contributed by atoms with E-state index < -0.39 is 0 Å². The minimum Gasteiger partial charge on any atom is -0.395 e. The molecule has 0 radical (unpaired) electrons. The second-order valence-electron chi connectivity index (χ2n) is 5.29. The van der Waals surface area contributed by atoms with E-state index >= 15 is 0 Å². The van der Waals surface area contributed by atoms with E-state index in [1.165, 1.54) is 0 Å². The van der Waals surface area contributed by atoms with E-state index in [0.29, 0.717) is 18.5 Å². The third kappa shape index (κ3) is 4.07. The number of aliphatic hydroxyl groups excluding tert-OH is 1. The molecule has 0 aromatic heterocycles. The highest BCUT2D eigenvalue weighted by atomic mass is 16.5. The number of benzene rings is 1. The van der Waals surface area contributed by atoms with Crippen molar-refractivity contribution in [2.75, 3.05) is 19.0 Å². The molecule has 0 bridgehead atoms. The van der Waals surface area contributed by atoms with Gasteiger partial charge in [-0.25, -0.2) is 0 Å². The average molecular weight is 287 g/mol. The molecule has 4 heteroatoms. The van der Waals surface area contributed by atoms with Crippen LogP contribution in [-0.4, -0.2) is 30.3 Å². The van der Waals surface area contributed by atoms with Gasteiger partial charge in [-0.15, -0.1) is 0 Å². The van der Waals surface area contributed by atoms with Gasteiger partial charge < -0.3 is 15.2 Å². The van der Waals surface area contributed by atoms with Crippen LogP contribution in [0.2, 0.25) is 0 Å². The fourth-order valence-electron chi connectivity index (χ4n) is 2.43. The quantitative estimate of drug-likeness (QED) is 0.817. The van der Waals surface area contributed by atoms with E-state index in [1.54, 1.807) is 7.11 Å². The number of nitrogens with one attached hydrogen (secondary N) is 1. The standard InChI is InChI=1S/C17H21NO3/c1-21-17(10-6-11-17)13-16(20)18-15-9-3-2-7-14(15)8-4-5-12-19/h2-3,7,9,19H,5-6,10-13H2,1H3,(H,18,20). The molecule has 1 aliphatic carbocycles. The van der Waals surface area contributed by atoms with Crippen LogP contribution in [0.25, 0.3) is 0 Å². The average Bonchev–Trinajstić information content (AvgIpc) is 2.45. The third-order valence-electron chi connectivity index (χ3n) is 3.84. The maximum Gasteiger partial charge on any atom is 0.227 e. The van der Waals surface area contributed by atoms with Gasteiger partial charge in [-0.3, -0.25) is 4.79 Å². The lowest BCUT2D eigenvalue weighted by molar-refractivity contribution is -0.129. The van der Waals surface area contributed by atoms with E-state index in [0.717, 1.165) is 24.8 Å². The van der Waals surface area contributed by atoms with Crippen molar-refractivity contribution >= 4 is 11.6 Å². The predicted octanol–water partition coefficient (Wildman–Crippen LogP) is 2.32. The first kappa shape index (κ1) is 15.6. The van der Waals surface area contributed by atoms with Gasteiger partial charge in [0, 0.05) is 19.1 Å². The van der Waals surface area contributed by atoms with Crippen molar-refractivity contribution in [3.05, 3.63) is 29.8 Å². The maximum atomic E-state index is 12.2. The smallest absolute Gasteiger partial charge is 0.227 e. The van der Waals surface area contributed by atoms with Crippen molar-refractivity contribution in [3.63, 3.8) is 0 Å². The Morgan fingerprint density at radius 2 is 2.19 bits per heavy atom. The van der Waals surface area contributed by atoms with Gasteiger partial charge in [-0.1, -0.05) is 24.0 Å². The predicted molar refractivity (Wildman–Crippen MR) is 81.9 cm³/mol. The normalized spacial score (nSPS) is 15.5. The first-order valence-corrected chi connectivity index (χ1v) is 7.23. The molecule has 2 N–H and O–H groups in total. The number of anilines is 1. The number of ether oxygens (including phenoxy) is 1. The van der Waals surface area contributed by atoms with Gasteiger partial charge in [0.2, 0.25) is 5.91 Å². The van der Waals surface area contributed by atoms with Crippen LogP contribution in [0.4, 0.5) is 5.69 Å². The molecule has 1 amide bonds. The SMILES string of the molecule is COC1(CC(=O)Nc2ccccc2C#CCCO)CCC1. The van der Waals surface area contributed by atoms with Crippen LogP contribution >= 0.6 is 0 Å². The lowest BCUT2D eigenvalue weighted by Crippen LogP contribution is -2.42. The molecule has 1 saturated carbocycles. The van der Waals surface area contributed by atoms with Crippen molar-refractivity contribution in [1.82, 2.24) is 0 Å². The Balaban J connectivity index is 2.02. The largest absolute Gasteiger partial charge is 0.395 e. The molecule has 0 spiro atoms. The molecule has 4 nitrogen and oxygen atoms in total. The van der Waals surface area contributed by atoms with E-state index in [1.807, 2.05) is 24.3 Å². The number of aliphatic hydroxyl groups is 1. The molecule has 1 fully saturated rings. The highest BCUT2D eigenvalue weighted by molar-refractivity contribution is 5.92. The highest BCUT2D eigenvalue weighted by Gasteiger charge is 2.39. The molecule has 2 rings (SSSR count). The van der Waals surface area contributed by atoms with E-state index in [4.69, 9.17) is 9.84 Å². The van der Waals surface area contributed by atoms with Crippen molar-refractivity contribution in [2.45, 2.75) is 37.7 Å². The van der Waals surface area contributed by atoms with Crippen molar-refractivity contribution < 1.29 is 14.6 Å². The van der Waals surface area contributed by atoms with Gasteiger partial charge in [0.1, 0.15) is 0 Å². The topological polar surface area (TPSA) is 58.6 Å². The Morgan fingerprint density at radius 3 is 2.81 bits per heavy atom. The molecule has 1 aromatic carbocycles. The summed E-state index contributed by atoms with van der Waals surface area (Å²) in [4.78, 5) is 12.2. The zero-order valence-electron chi connectivity index (χ0n) is 12.3. The second-order valence-corrected chi connectivity index (χ2v) is 5.29. The van der Waals surface area contributed by atoms with Crippen LogP contribution in [-0.2, 0) is 9.53 Å². The number of para-hydroxylation sites is 1. The van der Waals surface area contributed by atoms with E-state index in [9.17, 15) is 4.79 Å². The number of hydrogen-bond donors (Lipinski definition) is 2. The summed E-state index contributed by atoms with van der Waals surface area (Å²) in [5.41, 5.74) is 1.19. The summed E-state index contributed by atoms with van der Waals surface area (Å²) < 4.78 is 5.48. The fraction of sp³-hybridized carbons (Fsp3) is 0.471. The molecule has 0 heterocycles. The number of carbonyl (C=O) groups excluding carboxylic acids is 1. The number of amides is 1. The monoisotopic (exact) mass is 287 g/mol. The molecule has 0 atom stereocenters. The zero-order chi connectivity index (χ0) is 15.1. The molecular formula is C17H21NO3. The summed E-state index contributed by atoms with van der Waals surface area (Å²) in [6.45, 7) is 0.0396. The molecule has 1 aromatic rings. The first-order valence-electron chi connectivity index (χ1n) is 7.23. The summed E-state index contributed by atoms with van der Waals surface area (Å²) in [5, 5.41) is 11.7. The molecule has 0 unspecified atom stereocenters. The van der Waals surface area contributed by atoms with Crippen LogP contribution < -0.4 is 5.32 Å². The molecule has 112 valence electrons. The van der Waals surface area contributed by atoms with Gasteiger partial charge in [0.25, 0.3) is 0 Å². The first-order chi connectivity index (χ1) is 10.2. The van der Waals surface area contributed by atoms with E-state index in [-0.39, 0.29) is 18.1 Å².